The van der Waals surface area contributed by atoms with Gasteiger partial charge in [0.25, 0.3) is 0 Å². The summed E-state index contributed by atoms with van der Waals surface area (Å²) in [7, 11) is 0. The molecule has 0 amide bonds. The smallest absolute Gasteiger partial charge is 0.0805 e. The SMILES string of the molecule is Nc1c(N)c(N)c2c(c1N)CCCC2. The summed E-state index contributed by atoms with van der Waals surface area (Å²) in [6, 6.07) is 0. The number of nitrogen functional groups attached to an aromatic ring is 4. The zero-order chi connectivity index (χ0) is 10.3. The molecule has 0 spiro atoms. The molecule has 1 aliphatic carbocycles. The molecule has 8 N–H and O–H groups in total. The van der Waals surface area contributed by atoms with Crippen LogP contribution in [0.4, 0.5) is 22.7 Å². The van der Waals surface area contributed by atoms with Crippen LogP contribution in [0.15, 0.2) is 0 Å². The molecule has 0 heterocycles. The highest BCUT2D eigenvalue weighted by molar-refractivity contribution is 5.90. The average Bonchev–Trinajstić information content (AvgIpc) is 2.23. The van der Waals surface area contributed by atoms with Gasteiger partial charge in [0.2, 0.25) is 0 Å². The van der Waals surface area contributed by atoms with E-state index in [4.69, 9.17) is 22.9 Å². The number of fused-ring (bicyclic) bond motifs is 1. The Morgan fingerprint density at radius 2 is 0.929 bits per heavy atom. The summed E-state index contributed by atoms with van der Waals surface area (Å²) in [4.78, 5) is 0. The van der Waals surface area contributed by atoms with Crippen molar-refractivity contribution in [2.45, 2.75) is 25.7 Å². The normalized spacial score (nSPS) is 15.1. The first-order valence-electron chi connectivity index (χ1n) is 4.86. The van der Waals surface area contributed by atoms with E-state index in [9.17, 15) is 0 Å². The van der Waals surface area contributed by atoms with Crippen molar-refractivity contribution in [3.63, 3.8) is 0 Å². The fourth-order valence-electron chi connectivity index (χ4n) is 2.12. The standard InChI is InChI=1S/C10H16N4/c11-7-5-3-1-2-4-6(5)8(12)10(14)9(7)13/h1-4,11-14H2. The molecule has 0 aromatic heterocycles. The molecule has 1 aliphatic rings. The Balaban J connectivity index is 2.71. The first-order valence-corrected chi connectivity index (χ1v) is 4.86. The molecule has 0 saturated heterocycles. The Kier molecular flexibility index (Phi) is 1.91. The van der Waals surface area contributed by atoms with Gasteiger partial charge in [-0.25, -0.2) is 0 Å². The molecule has 2 rings (SSSR count). The molecule has 0 radical (unpaired) electrons. The lowest BCUT2D eigenvalue weighted by atomic mass is 9.88. The Hall–Kier alpha value is -1.58. The van der Waals surface area contributed by atoms with Crippen LogP contribution in [0.1, 0.15) is 24.0 Å². The summed E-state index contributed by atoms with van der Waals surface area (Å²) >= 11 is 0. The van der Waals surface area contributed by atoms with Gasteiger partial charge in [0.15, 0.2) is 0 Å². The summed E-state index contributed by atoms with van der Waals surface area (Å²) in [5, 5.41) is 0. The summed E-state index contributed by atoms with van der Waals surface area (Å²) < 4.78 is 0. The quantitative estimate of drug-likeness (QED) is 0.458. The van der Waals surface area contributed by atoms with E-state index >= 15 is 0 Å². The van der Waals surface area contributed by atoms with Crippen molar-refractivity contribution in [2.75, 3.05) is 22.9 Å². The molecule has 0 unspecified atom stereocenters. The lowest BCUT2D eigenvalue weighted by Crippen LogP contribution is -2.14. The van der Waals surface area contributed by atoms with Gasteiger partial charge in [-0.2, -0.15) is 0 Å². The van der Waals surface area contributed by atoms with Gasteiger partial charge in [-0.05, 0) is 36.8 Å². The molecule has 4 nitrogen and oxygen atoms in total. The van der Waals surface area contributed by atoms with E-state index < -0.39 is 0 Å². The Labute approximate surface area is 83.2 Å². The van der Waals surface area contributed by atoms with Crippen LogP contribution in [0, 0.1) is 0 Å². The van der Waals surface area contributed by atoms with E-state index in [0.717, 1.165) is 36.8 Å². The Morgan fingerprint density at radius 3 is 1.29 bits per heavy atom. The molecule has 1 aromatic rings. The first kappa shape index (κ1) is 8.99. The van der Waals surface area contributed by atoms with Crippen LogP contribution in [0.3, 0.4) is 0 Å². The first-order chi connectivity index (χ1) is 6.63. The van der Waals surface area contributed by atoms with Crippen molar-refractivity contribution in [1.29, 1.82) is 0 Å². The van der Waals surface area contributed by atoms with Gasteiger partial charge in [-0.3, -0.25) is 0 Å². The molecule has 0 fully saturated rings. The fourth-order valence-corrected chi connectivity index (χ4v) is 2.12. The minimum atomic E-state index is 0.447. The molecule has 4 heteroatoms. The van der Waals surface area contributed by atoms with Crippen molar-refractivity contribution in [3.05, 3.63) is 11.1 Å². The zero-order valence-corrected chi connectivity index (χ0v) is 8.14. The fraction of sp³-hybridized carbons (Fsp3) is 0.400. The van der Waals surface area contributed by atoms with E-state index in [1.54, 1.807) is 0 Å². The second-order valence-corrected chi connectivity index (χ2v) is 3.82. The van der Waals surface area contributed by atoms with Crippen LogP contribution < -0.4 is 22.9 Å². The van der Waals surface area contributed by atoms with Gasteiger partial charge in [0, 0.05) is 0 Å². The van der Waals surface area contributed by atoms with E-state index in [1.807, 2.05) is 0 Å². The van der Waals surface area contributed by atoms with Gasteiger partial charge in [0.05, 0.1) is 22.7 Å². The van der Waals surface area contributed by atoms with Crippen molar-refractivity contribution < 1.29 is 0 Å². The van der Waals surface area contributed by atoms with Crippen LogP contribution >= 0.6 is 0 Å². The van der Waals surface area contributed by atoms with Crippen LogP contribution in [-0.2, 0) is 12.8 Å². The predicted molar refractivity (Wildman–Crippen MR) is 60.7 cm³/mol. The number of anilines is 4. The monoisotopic (exact) mass is 192 g/mol. The topological polar surface area (TPSA) is 104 Å². The zero-order valence-electron chi connectivity index (χ0n) is 8.14. The summed E-state index contributed by atoms with van der Waals surface area (Å²) in [5.74, 6) is 0. The minimum Gasteiger partial charge on any atom is -0.397 e. The van der Waals surface area contributed by atoms with Gasteiger partial charge in [-0.15, -0.1) is 0 Å². The molecule has 1 aromatic carbocycles. The number of rotatable bonds is 0. The van der Waals surface area contributed by atoms with Crippen LogP contribution in [0.2, 0.25) is 0 Å². The highest BCUT2D eigenvalue weighted by Crippen LogP contribution is 2.39. The molecule has 0 bridgehead atoms. The highest BCUT2D eigenvalue weighted by atomic mass is 14.8. The maximum atomic E-state index is 5.91. The van der Waals surface area contributed by atoms with Crippen molar-refractivity contribution in [3.8, 4) is 0 Å². The minimum absolute atomic E-state index is 0.447. The molecule has 0 aliphatic heterocycles. The third-order valence-electron chi connectivity index (χ3n) is 2.99. The predicted octanol–water partition coefficient (Wildman–Crippen LogP) is 0.894. The Morgan fingerprint density at radius 1 is 0.571 bits per heavy atom. The lowest BCUT2D eigenvalue weighted by molar-refractivity contribution is 0.689. The highest BCUT2D eigenvalue weighted by Gasteiger charge is 2.19. The summed E-state index contributed by atoms with van der Waals surface area (Å²) in [5.41, 5.74) is 27.8. The maximum absolute atomic E-state index is 5.91. The van der Waals surface area contributed by atoms with Gasteiger partial charge in [-0.1, -0.05) is 0 Å². The van der Waals surface area contributed by atoms with E-state index in [-0.39, 0.29) is 0 Å². The van der Waals surface area contributed by atoms with Gasteiger partial charge >= 0.3 is 0 Å². The van der Waals surface area contributed by atoms with Crippen molar-refractivity contribution in [2.24, 2.45) is 0 Å². The molecule has 14 heavy (non-hydrogen) atoms. The number of benzene rings is 1. The molecule has 0 saturated carbocycles. The van der Waals surface area contributed by atoms with Crippen LogP contribution in [-0.4, -0.2) is 0 Å². The van der Waals surface area contributed by atoms with E-state index in [2.05, 4.69) is 0 Å². The van der Waals surface area contributed by atoms with Gasteiger partial charge < -0.3 is 22.9 Å². The molecular formula is C10H16N4. The number of hydrogen-bond donors (Lipinski definition) is 4. The second kappa shape index (κ2) is 2.97. The van der Waals surface area contributed by atoms with Crippen molar-refractivity contribution >= 4 is 22.7 Å². The molecule has 76 valence electrons. The van der Waals surface area contributed by atoms with Gasteiger partial charge in [0.1, 0.15) is 0 Å². The van der Waals surface area contributed by atoms with Crippen LogP contribution in [0.25, 0.3) is 0 Å². The lowest BCUT2D eigenvalue weighted by Gasteiger charge is -2.22. The second-order valence-electron chi connectivity index (χ2n) is 3.82. The summed E-state index contributed by atoms with van der Waals surface area (Å²) in [6.07, 6.45) is 4.24. The molecule has 0 atom stereocenters. The van der Waals surface area contributed by atoms with Crippen LogP contribution in [0.5, 0.6) is 0 Å². The maximum Gasteiger partial charge on any atom is 0.0805 e. The largest absolute Gasteiger partial charge is 0.397 e. The third-order valence-corrected chi connectivity index (χ3v) is 2.99. The average molecular weight is 192 g/mol. The van der Waals surface area contributed by atoms with E-state index in [1.165, 1.54) is 0 Å². The Bertz CT molecular complexity index is 347. The van der Waals surface area contributed by atoms with Crippen molar-refractivity contribution in [1.82, 2.24) is 0 Å². The third kappa shape index (κ3) is 1.07. The number of hydrogen-bond acceptors (Lipinski definition) is 4. The molecular weight excluding hydrogens is 176 g/mol. The summed E-state index contributed by atoms with van der Waals surface area (Å²) in [6.45, 7) is 0. The van der Waals surface area contributed by atoms with E-state index in [0.29, 0.717) is 22.7 Å². The number of nitrogens with two attached hydrogens (primary N) is 4.